The second-order valence-corrected chi connectivity index (χ2v) is 6.86. The smallest absolute Gasteiger partial charge is 0.328 e. The fraction of sp³-hybridized carbons (Fsp3) is 0.500. The topological polar surface area (TPSA) is 57.6 Å². The molecule has 0 radical (unpaired) electrons. The number of thiophene rings is 1. The molecule has 0 aromatic carbocycles. The van der Waals surface area contributed by atoms with Crippen LogP contribution in [-0.2, 0) is 4.79 Å². The minimum Gasteiger partial charge on any atom is -0.478 e. The van der Waals surface area contributed by atoms with Crippen molar-refractivity contribution in [1.29, 1.82) is 0 Å². The van der Waals surface area contributed by atoms with Crippen LogP contribution in [0.15, 0.2) is 12.1 Å². The molecule has 0 spiro atoms. The third-order valence-corrected chi connectivity index (χ3v) is 4.18. The predicted molar refractivity (Wildman–Crippen MR) is 86.7 cm³/mol. The molecule has 0 unspecified atom stereocenters. The number of carboxylic acids is 1. The number of amides is 1. The maximum Gasteiger partial charge on any atom is 0.328 e. The average Bonchev–Trinajstić information content (AvgIpc) is 2.73. The number of hydrogen-bond donors (Lipinski definition) is 1. The van der Waals surface area contributed by atoms with E-state index in [1.165, 1.54) is 11.3 Å². The summed E-state index contributed by atoms with van der Waals surface area (Å²) in [4.78, 5) is 26.5. The lowest BCUT2D eigenvalue weighted by Gasteiger charge is -2.28. The van der Waals surface area contributed by atoms with Gasteiger partial charge in [-0.3, -0.25) is 4.79 Å². The minimum absolute atomic E-state index is 0.0155. The highest BCUT2D eigenvalue weighted by Gasteiger charge is 2.21. The van der Waals surface area contributed by atoms with Gasteiger partial charge in [-0.2, -0.15) is 0 Å². The molecule has 0 aliphatic carbocycles. The van der Waals surface area contributed by atoms with Crippen molar-refractivity contribution in [3.05, 3.63) is 27.5 Å². The van der Waals surface area contributed by atoms with Crippen LogP contribution in [0.1, 0.15) is 47.8 Å². The SMILES string of the molecule is Cc1cc(C(=O)N(CC(C)C)C(C)C)sc1/C=C/C(=O)O. The first kappa shape index (κ1) is 17.4. The summed E-state index contributed by atoms with van der Waals surface area (Å²) in [5, 5.41) is 8.68. The highest BCUT2D eigenvalue weighted by Crippen LogP contribution is 2.25. The largest absolute Gasteiger partial charge is 0.478 e. The zero-order chi connectivity index (χ0) is 16.2. The van der Waals surface area contributed by atoms with Crippen LogP contribution < -0.4 is 0 Å². The third-order valence-electron chi connectivity index (χ3n) is 2.99. The summed E-state index contributed by atoms with van der Waals surface area (Å²) in [6, 6.07) is 1.98. The van der Waals surface area contributed by atoms with Crippen LogP contribution >= 0.6 is 11.3 Å². The maximum absolute atomic E-state index is 12.6. The molecule has 1 aromatic rings. The van der Waals surface area contributed by atoms with E-state index in [-0.39, 0.29) is 11.9 Å². The van der Waals surface area contributed by atoms with Crippen molar-refractivity contribution in [2.45, 2.75) is 40.7 Å². The second kappa shape index (κ2) is 7.41. The first-order chi connectivity index (χ1) is 9.72. The Kier molecular flexibility index (Phi) is 6.15. The van der Waals surface area contributed by atoms with Gasteiger partial charge in [-0.25, -0.2) is 4.79 Å². The highest BCUT2D eigenvalue weighted by molar-refractivity contribution is 7.15. The van der Waals surface area contributed by atoms with Crippen LogP contribution in [-0.4, -0.2) is 34.5 Å². The lowest BCUT2D eigenvalue weighted by molar-refractivity contribution is -0.131. The lowest BCUT2D eigenvalue weighted by atomic mass is 10.1. The monoisotopic (exact) mass is 309 g/mol. The van der Waals surface area contributed by atoms with Crippen LogP contribution in [0.25, 0.3) is 6.08 Å². The first-order valence-electron chi connectivity index (χ1n) is 7.04. The summed E-state index contributed by atoms with van der Waals surface area (Å²) >= 11 is 1.34. The predicted octanol–water partition coefficient (Wildman–Crippen LogP) is 3.66. The molecule has 0 atom stereocenters. The molecule has 0 fully saturated rings. The molecule has 1 rings (SSSR count). The van der Waals surface area contributed by atoms with Gasteiger partial charge in [0.15, 0.2) is 0 Å². The number of carboxylic acid groups (broad SMARTS) is 1. The summed E-state index contributed by atoms with van der Waals surface area (Å²) in [6.07, 6.45) is 2.64. The van der Waals surface area contributed by atoms with Crippen molar-refractivity contribution in [1.82, 2.24) is 4.90 Å². The molecule has 5 heteroatoms. The van der Waals surface area contributed by atoms with E-state index in [4.69, 9.17) is 5.11 Å². The van der Waals surface area contributed by atoms with E-state index in [0.717, 1.165) is 16.5 Å². The van der Waals surface area contributed by atoms with E-state index >= 15 is 0 Å². The van der Waals surface area contributed by atoms with Crippen LogP contribution in [0.4, 0.5) is 0 Å². The number of carbonyl (C=O) groups excluding carboxylic acids is 1. The zero-order valence-electron chi connectivity index (χ0n) is 13.2. The number of rotatable bonds is 6. The van der Waals surface area contributed by atoms with Crippen LogP contribution in [0.3, 0.4) is 0 Å². The normalized spacial score (nSPS) is 11.6. The molecular weight excluding hydrogens is 286 g/mol. The Bertz CT molecular complexity index is 544. The van der Waals surface area contributed by atoms with Gasteiger partial charge >= 0.3 is 5.97 Å². The van der Waals surface area contributed by atoms with Crippen LogP contribution in [0, 0.1) is 12.8 Å². The molecule has 1 amide bonds. The van der Waals surface area contributed by atoms with Gasteiger partial charge in [0.1, 0.15) is 0 Å². The van der Waals surface area contributed by atoms with Gasteiger partial charge in [-0.05, 0) is 44.4 Å². The van der Waals surface area contributed by atoms with Gasteiger partial charge in [-0.1, -0.05) is 13.8 Å². The van der Waals surface area contributed by atoms with E-state index in [2.05, 4.69) is 13.8 Å². The van der Waals surface area contributed by atoms with E-state index in [1.54, 1.807) is 6.08 Å². The molecular formula is C16H23NO3S. The number of hydrogen-bond acceptors (Lipinski definition) is 3. The van der Waals surface area contributed by atoms with Crippen molar-refractivity contribution in [2.24, 2.45) is 5.92 Å². The quantitative estimate of drug-likeness (QED) is 0.816. The van der Waals surface area contributed by atoms with Crippen molar-refractivity contribution in [3.63, 3.8) is 0 Å². The summed E-state index contributed by atoms with van der Waals surface area (Å²) in [5.74, 6) is -0.565. The number of carbonyl (C=O) groups is 2. The van der Waals surface area contributed by atoms with Crippen molar-refractivity contribution in [3.8, 4) is 0 Å². The number of aliphatic carboxylic acids is 1. The Morgan fingerprint density at radius 3 is 2.43 bits per heavy atom. The second-order valence-electron chi connectivity index (χ2n) is 5.77. The molecule has 1 N–H and O–H groups in total. The third kappa shape index (κ3) is 5.01. The van der Waals surface area contributed by atoms with Gasteiger partial charge in [0, 0.05) is 23.5 Å². The Labute approximate surface area is 130 Å². The van der Waals surface area contributed by atoms with Gasteiger partial charge in [0.05, 0.1) is 4.88 Å². The molecule has 0 saturated carbocycles. The summed E-state index contributed by atoms with van der Waals surface area (Å²) in [7, 11) is 0. The number of aryl methyl sites for hydroxylation is 1. The summed E-state index contributed by atoms with van der Waals surface area (Å²) in [6.45, 7) is 10.8. The van der Waals surface area contributed by atoms with Crippen molar-refractivity contribution >= 4 is 29.3 Å². The minimum atomic E-state index is -0.987. The zero-order valence-corrected chi connectivity index (χ0v) is 14.0. The van der Waals surface area contributed by atoms with Crippen LogP contribution in [0.5, 0.6) is 0 Å². The lowest BCUT2D eigenvalue weighted by Crippen LogP contribution is -2.39. The average molecular weight is 309 g/mol. The summed E-state index contributed by atoms with van der Waals surface area (Å²) in [5.41, 5.74) is 0.925. The van der Waals surface area contributed by atoms with Crippen molar-refractivity contribution in [2.75, 3.05) is 6.54 Å². The van der Waals surface area contributed by atoms with E-state index in [9.17, 15) is 9.59 Å². The Balaban J connectivity index is 3.01. The standard InChI is InChI=1S/C16H23NO3S/c1-10(2)9-17(11(3)4)16(20)14-8-12(5)13(21-14)6-7-15(18)19/h6-8,10-11H,9H2,1-5H3,(H,18,19)/b7-6+. The molecule has 0 saturated heterocycles. The molecule has 0 aliphatic heterocycles. The van der Waals surface area contributed by atoms with Crippen LogP contribution in [0.2, 0.25) is 0 Å². The van der Waals surface area contributed by atoms with E-state index < -0.39 is 5.97 Å². The first-order valence-corrected chi connectivity index (χ1v) is 7.86. The molecule has 21 heavy (non-hydrogen) atoms. The molecule has 1 heterocycles. The fourth-order valence-corrected chi connectivity index (χ4v) is 3.01. The molecule has 116 valence electrons. The Morgan fingerprint density at radius 1 is 1.33 bits per heavy atom. The molecule has 1 aromatic heterocycles. The Morgan fingerprint density at radius 2 is 1.95 bits per heavy atom. The van der Waals surface area contributed by atoms with E-state index in [1.807, 2.05) is 31.7 Å². The molecule has 4 nitrogen and oxygen atoms in total. The van der Waals surface area contributed by atoms with Gasteiger partial charge in [0.2, 0.25) is 0 Å². The molecule has 0 bridgehead atoms. The van der Waals surface area contributed by atoms with Gasteiger partial charge in [-0.15, -0.1) is 11.3 Å². The Hall–Kier alpha value is -1.62. The molecule has 0 aliphatic rings. The summed E-state index contributed by atoms with van der Waals surface area (Å²) < 4.78 is 0. The van der Waals surface area contributed by atoms with Crippen molar-refractivity contribution < 1.29 is 14.7 Å². The van der Waals surface area contributed by atoms with Gasteiger partial charge < -0.3 is 10.0 Å². The number of nitrogens with zero attached hydrogens (tertiary/aromatic N) is 1. The van der Waals surface area contributed by atoms with Gasteiger partial charge in [0.25, 0.3) is 5.91 Å². The highest BCUT2D eigenvalue weighted by atomic mass is 32.1. The van der Waals surface area contributed by atoms with E-state index in [0.29, 0.717) is 17.3 Å². The fourth-order valence-electron chi connectivity index (χ4n) is 1.98. The maximum atomic E-state index is 12.6.